The van der Waals surface area contributed by atoms with Gasteiger partial charge in [-0.15, -0.1) is 0 Å². The Kier molecular flexibility index (Phi) is 3.46. The number of carbonyl (C=O) groups is 1. The van der Waals surface area contributed by atoms with Crippen molar-refractivity contribution in [3.8, 4) is 11.4 Å². The monoisotopic (exact) mass is 360 g/mol. The predicted molar refractivity (Wildman–Crippen MR) is 97.1 cm³/mol. The minimum absolute atomic E-state index is 0.302. The van der Waals surface area contributed by atoms with Crippen LogP contribution in [0, 0.1) is 0 Å². The first-order chi connectivity index (χ1) is 13.2. The van der Waals surface area contributed by atoms with Crippen molar-refractivity contribution in [2.75, 3.05) is 5.32 Å². The van der Waals surface area contributed by atoms with Crippen LogP contribution in [-0.2, 0) is 7.05 Å². The Morgan fingerprint density at radius 2 is 2.15 bits per heavy atom. The zero-order chi connectivity index (χ0) is 18.4. The van der Waals surface area contributed by atoms with Crippen molar-refractivity contribution in [3.63, 3.8) is 0 Å². The largest absolute Gasteiger partial charge is 0.306 e. The van der Waals surface area contributed by atoms with E-state index in [9.17, 15) is 4.79 Å². The number of aryl methyl sites for hydroxylation is 1. The molecule has 9 nitrogen and oxygen atoms in total. The molecule has 1 fully saturated rings. The third-order valence-electron chi connectivity index (χ3n) is 4.49. The second-order valence-electron chi connectivity index (χ2n) is 6.58. The van der Waals surface area contributed by atoms with Crippen LogP contribution in [0.4, 0.5) is 5.82 Å². The summed E-state index contributed by atoms with van der Waals surface area (Å²) in [5.41, 5.74) is 2.76. The van der Waals surface area contributed by atoms with Crippen LogP contribution in [0.25, 0.3) is 17.0 Å². The lowest BCUT2D eigenvalue weighted by atomic mass is 10.2. The smallest absolute Gasteiger partial charge is 0.262 e. The van der Waals surface area contributed by atoms with E-state index in [4.69, 9.17) is 0 Å². The van der Waals surface area contributed by atoms with Gasteiger partial charge in [0.25, 0.3) is 5.91 Å². The van der Waals surface area contributed by atoms with Gasteiger partial charge in [-0.1, -0.05) is 0 Å². The minimum Gasteiger partial charge on any atom is -0.306 e. The van der Waals surface area contributed by atoms with E-state index in [2.05, 4.69) is 30.5 Å². The van der Waals surface area contributed by atoms with Crippen LogP contribution in [-0.4, -0.2) is 40.3 Å². The lowest BCUT2D eigenvalue weighted by Crippen LogP contribution is -2.13. The van der Waals surface area contributed by atoms with E-state index in [0.717, 1.165) is 24.1 Å². The third kappa shape index (κ3) is 2.92. The molecule has 0 atom stereocenters. The maximum Gasteiger partial charge on any atom is 0.262 e. The van der Waals surface area contributed by atoms with Crippen molar-refractivity contribution in [1.82, 2.24) is 34.3 Å². The van der Waals surface area contributed by atoms with Crippen LogP contribution in [0.3, 0.4) is 0 Å². The number of nitrogens with one attached hydrogen (secondary N) is 1. The molecule has 1 aliphatic carbocycles. The van der Waals surface area contributed by atoms with Crippen LogP contribution in [0.1, 0.15) is 34.8 Å². The molecule has 5 rings (SSSR count). The van der Waals surface area contributed by atoms with Crippen LogP contribution < -0.4 is 5.32 Å². The average molecular weight is 360 g/mol. The van der Waals surface area contributed by atoms with Crippen molar-refractivity contribution < 1.29 is 4.79 Å². The predicted octanol–water partition coefficient (Wildman–Crippen LogP) is 2.05. The maximum absolute atomic E-state index is 12.8. The molecule has 1 N–H and O–H groups in total. The number of amides is 1. The van der Waals surface area contributed by atoms with Gasteiger partial charge in [0.05, 0.1) is 6.20 Å². The zero-order valence-corrected chi connectivity index (χ0v) is 14.6. The lowest BCUT2D eigenvalue weighted by Gasteiger charge is -2.05. The summed E-state index contributed by atoms with van der Waals surface area (Å²) >= 11 is 0. The second kappa shape index (κ2) is 5.97. The number of aromatic nitrogens is 7. The molecule has 0 bridgehead atoms. The highest BCUT2D eigenvalue weighted by atomic mass is 16.1. The number of hydrogen-bond donors (Lipinski definition) is 1. The summed E-state index contributed by atoms with van der Waals surface area (Å²) in [5, 5.41) is 11.3. The van der Waals surface area contributed by atoms with Gasteiger partial charge in [0.15, 0.2) is 11.5 Å². The van der Waals surface area contributed by atoms with Gasteiger partial charge in [-0.25, -0.2) is 19.5 Å². The quantitative estimate of drug-likeness (QED) is 0.597. The Balaban J connectivity index is 1.43. The summed E-state index contributed by atoms with van der Waals surface area (Å²) < 4.78 is 3.23. The van der Waals surface area contributed by atoms with E-state index in [1.807, 2.05) is 12.3 Å². The van der Waals surface area contributed by atoms with Crippen molar-refractivity contribution in [1.29, 1.82) is 0 Å². The zero-order valence-electron chi connectivity index (χ0n) is 14.6. The number of pyridine rings is 1. The number of anilines is 1. The molecular weight excluding hydrogens is 344 g/mol. The SMILES string of the molecule is Cn1cnc(-c2ccnc(NC(=O)c3cnn4ccc(C5CC5)nc34)c2)n1. The number of hydrogen-bond acceptors (Lipinski definition) is 6. The average Bonchev–Trinajstić information content (AvgIpc) is 3.29. The van der Waals surface area contributed by atoms with Crippen LogP contribution in [0.2, 0.25) is 0 Å². The fourth-order valence-electron chi connectivity index (χ4n) is 2.94. The van der Waals surface area contributed by atoms with Crippen LogP contribution in [0.5, 0.6) is 0 Å². The number of nitrogens with zero attached hydrogens (tertiary/aromatic N) is 7. The van der Waals surface area contributed by atoms with E-state index < -0.39 is 0 Å². The normalized spacial score (nSPS) is 13.8. The van der Waals surface area contributed by atoms with Crippen molar-refractivity contribution in [2.24, 2.45) is 7.05 Å². The molecule has 27 heavy (non-hydrogen) atoms. The molecule has 4 aromatic rings. The summed E-state index contributed by atoms with van der Waals surface area (Å²) in [7, 11) is 1.80. The summed E-state index contributed by atoms with van der Waals surface area (Å²) in [4.78, 5) is 25.8. The maximum atomic E-state index is 12.8. The van der Waals surface area contributed by atoms with Gasteiger partial charge in [-0.2, -0.15) is 10.2 Å². The Morgan fingerprint density at radius 1 is 1.26 bits per heavy atom. The highest BCUT2D eigenvalue weighted by Crippen LogP contribution is 2.39. The van der Waals surface area contributed by atoms with Gasteiger partial charge in [0, 0.05) is 36.6 Å². The first kappa shape index (κ1) is 15.6. The standard InChI is InChI=1S/C18H16N8O/c1-25-10-20-16(24-25)12-4-6-19-15(8-12)23-18(27)13-9-21-26-7-5-14(11-2-3-11)22-17(13)26/h4-11H,2-3H2,1H3,(H,19,23,27). The Hall–Kier alpha value is -3.62. The molecule has 1 amide bonds. The number of fused-ring (bicyclic) bond motifs is 1. The molecule has 9 heteroatoms. The van der Waals surface area contributed by atoms with Crippen molar-refractivity contribution in [3.05, 3.63) is 54.4 Å². The molecule has 0 spiro atoms. The molecule has 0 aliphatic heterocycles. The molecule has 0 radical (unpaired) electrons. The van der Waals surface area contributed by atoms with Crippen LogP contribution >= 0.6 is 0 Å². The Bertz CT molecular complexity index is 1160. The minimum atomic E-state index is -0.302. The van der Waals surface area contributed by atoms with Gasteiger partial charge < -0.3 is 5.32 Å². The van der Waals surface area contributed by atoms with E-state index in [-0.39, 0.29) is 5.91 Å². The Labute approximate surface area is 154 Å². The van der Waals surface area contributed by atoms with E-state index in [1.54, 1.807) is 40.9 Å². The second-order valence-corrected chi connectivity index (χ2v) is 6.58. The Morgan fingerprint density at radius 3 is 2.93 bits per heavy atom. The first-order valence-electron chi connectivity index (χ1n) is 8.65. The summed E-state index contributed by atoms with van der Waals surface area (Å²) in [6, 6.07) is 5.50. The molecule has 4 heterocycles. The van der Waals surface area contributed by atoms with E-state index in [1.165, 1.54) is 6.20 Å². The molecule has 1 aliphatic rings. The molecule has 0 unspecified atom stereocenters. The highest BCUT2D eigenvalue weighted by molar-refractivity contribution is 6.07. The van der Waals surface area contributed by atoms with E-state index in [0.29, 0.717) is 28.8 Å². The fraction of sp³-hybridized carbons (Fsp3) is 0.222. The lowest BCUT2D eigenvalue weighted by molar-refractivity contribution is 0.102. The van der Waals surface area contributed by atoms with Gasteiger partial charge in [-0.05, 0) is 31.0 Å². The molecule has 0 aromatic carbocycles. The summed E-state index contributed by atoms with van der Waals surface area (Å²) in [6.07, 6.45) is 8.90. The number of carbonyl (C=O) groups excluding carboxylic acids is 1. The summed E-state index contributed by atoms with van der Waals surface area (Å²) in [6.45, 7) is 0. The number of rotatable bonds is 4. The molecule has 4 aromatic heterocycles. The van der Waals surface area contributed by atoms with Gasteiger partial charge >= 0.3 is 0 Å². The van der Waals surface area contributed by atoms with E-state index >= 15 is 0 Å². The topological polar surface area (TPSA) is 103 Å². The summed E-state index contributed by atoms with van der Waals surface area (Å²) in [5.74, 6) is 1.19. The highest BCUT2D eigenvalue weighted by Gasteiger charge is 2.26. The fourth-order valence-corrected chi connectivity index (χ4v) is 2.94. The first-order valence-corrected chi connectivity index (χ1v) is 8.65. The molecule has 134 valence electrons. The van der Waals surface area contributed by atoms with Crippen LogP contribution in [0.15, 0.2) is 43.1 Å². The van der Waals surface area contributed by atoms with Gasteiger partial charge in [0.1, 0.15) is 17.7 Å². The third-order valence-corrected chi connectivity index (χ3v) is 4.49. The van der Waals surface area contributed by atoms with Gasteiger partial charge in [0.2, 0.25) is 0 Å². The molecular formula is C18H16N8O. The molecule has 1 saturated carbocycles. The van der Waals surface area contributed by atoms with Crippen molar-refractivity contribution >= 4 is 17.4 Å². The van der Waals surface area contributed by atoms with Gasteiger partial charge in [-0.3, -0.25) is 9.48 Å². The van der Waals surface area contributed by atoms with Crippen molar-refractivity contribution in [2.45, 2.75) is 18.8 Å². The molecule has 0 saturated heterocycles.